The molecule has 7 nitrogen and oxygen atoms in total. The molecule has 0 atom stereocenters. The highest BCUT2D eigenvalue weighted by molar-refractivity contribution is 9.10. The van der Waals surface area contributed by atoms with Gasteiger partial charge in [0.15, 0.2) is 0 Å². The summed E-state index contributed by atoms with van der Waals surface area (Å²) in [5, 5.41) is 12.5. The fraction of sp³-hybridized carbons (Fsp3) is 0.346. The van der Waals surface area contributed by atoms with Crippen LogP contribution in [0.25, 0.3) is 0 Å². The second-order valence-electron chi connectivity index (χ2n) is 8.89. The van der Waals surface area contributed by atoms with Crippen molar-refractivity contribution < 1.29 is 22.6 Å². The molecule has 194 valence electrons. The van der Waals surface area contributed by atoms with Gasteiger partial charge in [-0.2, -0.15) is 10.2 Å². The second-order valence-corrected chi connectivity index (χ2v) is 9.74. The first-order valence-electron chi connectivity index (χ1n) is 11.6. The number of anilines is 1. The van der Waals surface area contributed by atoms with E-state index in [1.54, 1.807) is 30.5 Å². The topological polar surface area (TPSA) is 83.3 Å². The Morgan fingerprint density at radius 1 is 1.14 bits per heavy atom. The Balaban J connectivity index is 1.32. The number of ether oxygens (including phenoxy) is 2. The Morgan fingerprint density at radius 2 is 1.78 bits per heavy atom. The summed E-state index contributed by atoms with van der Waals surface area (Å²) in [4.78, 5) is 11.2. The lowest BCUT2D eigenvalue weighted by molar-refractivity contribution is -0.274. The second kappa shape index (κ2) is 11.4. The number of halogens is 4. The normalized spacial score (nSPS) is 14.7. The molecule has 1 fully saturated rings. The van der Waals surface area contributed by atoms with Crippen LogP contribution in [0.5, 0.6) is 17.4 Å². The van der Waals surface area contributed by atoms with E-state index in [1.165, 1.54) is 12.1 Å². The molecule has 0 aliphatic carbocycles. The highest BCUT2D eigenvalue weighted by Gasteiger charge is 2.31. The number of nitrogens with zero attached hydrogens (tertiary/aromatic N) is 4. The lowest BCUT2D eigenvalue weighted by Crippen LogP contribution is -2.39. The van der Waals surface area contributed by atoms with Crippen LogP contribution in [0.2, 0.25) is 0 Å². The molecule has 1 saturated heterocycles. The third-order valence-electron chi connectivity index (χ3n) is 5.98. The molecule has 0 radical (unpaired) electrons. The van der Waals surface area contributed by atoms with Crippen LogP contribution in [0, 0.1) is 25.2 Å². The van der Waals surface area contributed by atoms with Crippen molar-refractivity contribution in [1.29, 1.82) is 5.26 Å². The van der Waals surface area contributed by atoms with Crippen molar-refractivity contribution in [1.82, 2.24) is 14.9 Å². The molecule has 1 N–H and O–H groups in total. The number of rotatable bonds is 7. The molecule has 1 aliphatic heterocycles. The third-order valence-corrected chi connectivity index (χ3v) is 6.53. The van der Waals surface area contributed by atoms with E-state index < -0.39 is 6.36 Å². The maximum Gasteiger partial charge on any atom is 0.573 e. The van der Waals surface area contributed by atoms with Gasteiger partial charge in [0, 0.05) is 25.7 Å². The van der Waals surface area contributed by atoms with Gasteiger partial charge in [0.2, 0.25) is 11.8 Å². The molecule has 0 unspecified atom stereocenters. The predicted molar refractivity (Wildman–Crippen MR) is 135 cm³/mol. The number of nitrogens with one attached hydrogen (secondary N) is 1. The van der Waals surface area contributed by atoms with Crippen LogP contribution >= 0.6 is 15.9 Å². The Morgan fingerprint density at radius 3 is 2.38 bits per heavy atom. The van der Waals surface area contributed by atoms with Gasteiger partial charge in [0.1, 0.15) is 11.5 Å². The molecule has 2 aromatic carbocycles. The summed E-state index contributed by atoms with van der Waals surface area (Å²) in [6, 6.07) is 11.8. The van der Waals surface area contributed by atoms with Crippen LogP contribution in [0.1, 0.15) is 35.1 Å². The SMILES string of the molecule is Cc1cc(C#N)cc(C)c1Oc1nc(NC2CCN(Cc3ccc(OC(F)(F)F)cc3)CC2)ncc1Br. The summed E-state index contributed by atoms with van der Waals surface area (Å²) < 4.78 is 47.7. The summed E-state index contributed by atoms with van der Waals surface area (Å²) >= 11 is 3.45. The molecule has 0 bridgehead atoms. The average Bonchev–Trinajstić information content (AvgIpc) is 2.84. The van der Waals surface area contributed by atoms with E-state index in [-0.39, 0.29) is 11.8 Å². The van der Waals surface area contributed by atoms with E-state index in [1.807, 2.05) is 13.8 Å². The Bertz CT molecular complexity index is 1260. The van der Waals surface area contributed by atoms with Gasteiger partial charge in [-0.3, -0.25) is 4.90 Å². The maximum absolute atomic E-state index is 12.3. The number of benzene rings is 2. The van der Waals surface area contributed by atoms with E-state index >= 15 is 0 Å². The van der Waals surface area contributed by atoms with E-state index in [2.05, 4.69) is 46.9 Å². The zero-order chi connectivity index (χ0) is 26.6. The zero-order valence-electron chi connectivity index (χ0n) is 20.3. The third kappa shape index (κ3) is 7.33. The van der Waals surface area contributed by atoms with Crippen molar-refractivity contribution in [3.05, 3.63) is 69.3 Å². The molecule has 4 rings (SSSR count). The van der Waals surface area contributed by atoms with Gasteiger partial charge in [-0.15, -0.1) is 13.2 Å². The minimum atomic E-state index is -4.69. The summed E-state index contributed by atoms with van der Waals surface area (Å²) in [5.41, 5.74) is 3.18. The predicted octanol–water partition coefficient (Wildman–Crippen LogP) is 6.50. The summed E-state index contributed by atoms with van der Waals surface area (Å²) in [6.07, 6.45) is -1.33. The number of piperidine rings is 1. The van der Waals surface area contributed by atoms with Gasteiger partial charge < -0.3 is 14.8 Å². The fourth-order valence-corrected chi connectivity index (χ4v) is 4.51. The highest BCUT2D eigenvalue weighted by atomic mass is 79.9. The molecule has 37 heavy (non-hydrogen) atoms. The van der Waals surface area contributed by atoms with Crippen LogP contribution in [-0.2, 0) is 6.54 Å². The van der Waals surface area contributed by atoms with Crippen LogP contribution < -0.4 is 14.8 Å². The fourth-order valence-electron chi connectivity index (χ4n) is 4.24. The van der Waals surface area contributed by atoms with Gasteiger partial charge >= 0.3 is 6.36 Å². The lowest BCUT2D eigenvalue weighted by Gasteiger charge is -2.32. The Labute approximate surface area is 221 Å². The van der Waals surface area contributed by atoms with Gasteiger partial charge in [0.05, 0.1) is 22.3 Å². The molecule has 0 spiro atoms. The van der Waals surface area contributed by atoms with Crippen molar-refractivity contribution in [2.24, 2.45) is 0 Å². The van der Waals surface area contributed by atoms with E-state index in [0.29, 0.717) is 34.2 Å². The van der Waals surface area contributed by atoms with Gasteiger partial charge in [0.25, 0.3) is 0 Å². The van der Waals surface area contributed by atoms with E-state index in [9.17, 15) is 13.2 Å². The highest BCUT2D eigenvalue weighted by Crippen LogP contribution is 2.33. The van der Waals surface area contributed by atoms with Gasteiger partial charge in [-0.1, -0.05) is 12.1 Å². The van der Waals surface area contributed by atoms with Gasteiger partial charge in [-0.25, -0.2) is 4.98 Å². The Hall–Kier alpha value is -3.36. The van der Waals surface area contributed by atoms with Crippen LogP contribution in [-0.4, -0.2) is 40.4 Å². The minimum absolute atomic E-state index is 0.172. The monoisotopic (exact) mass is 575 g/mol. The molecule has 11 heteroatoms. The molecule has 0 amide bonds. The van der Waals surface area contributed by atoms with Gasteiger partial charge in [-0.05, 0) is 83.6 Å². The number of alkyl halides is 3. The van der Waals surface area contributed by atoms with E-state index in [4.69, 9.17) is 10.00 Å². The quantitative estimate of drug-likeness (QED) is 0.344. The molecule has 1 aliphatic rings. The summed E-state index contributed by atoms with van der Waals surface area (Å²) in [6.45, 7) is 6.06. The number of hydrogen-bond acceptors (Lipinski definition) is 7. The number of likely N-dealkylation sites (tertiary alicyclic amines) is 1. The molecule has 0 saturated carbocycles. The summed E-state index contributed by atoms with van der Waals surface area (Å²) in [7, 11) is 0. The number of aryl methyl sites for hydroxylation is 2. The van der Waals surface area contributed by atoms with Crippen LogP contribution in [0.4, 0.5) is 19.1 Å². The number of nitriles is 1. The van der Waals surface area contributed by atoms with E-state index in [0.717, 1.165) is 42.6 Å². The number of hydrogen-bond donors (Lipinski definition) is 1. The molecular formula is C26H25BrF3N5O2. The smallest absolute Gasteiger partial charge is 0.437 e. The molecular weight excluding hydrogens is 551 g/mol. The molecule has 1 aromatic heterocycles. The van der Waals surface area contributed by atoms with Crippen molar-refractivity contribution in [2.75, 3.05) is 18.4 Å². The van der Waals surface area contributed by atoms with Crippen molar-refractivity contribution in [3.63, 3.8) is 0 Å². The first kappa shape index (κ1) is 26.7. The largest absolute Gasteiger partial charge is 0.573 e. The number of aromatic nitrogens is 2. The van der Waals surface area contributed by atoms with Crippen LogP contribution in [0.15, 0.2) is 47.1 Å². The Kier molecular flexibility index (Phi) is 8.19. The lowest BCUT2D eigenvalue weighted by atomic mass is 10.0. The zero-order valence-corrected chi connectivity index (χ0v) is 21.9. The van der Waals surface area contributed by atoms with Crippen LogP contribution in [0.3, 0.4) is 0 Å². The standard InChI is InChI=1S/C26H25BrF3N5O2/c1-16-11-19(13-31)12-17(2)23(16)36-24-22(27)14-32-25(34-24)33-20-7-9-35(10-8-20)15-18-3-5-21(6-4-18)37-26(28,29)30/h3-6,11-12,14,20H,7-10,15H2,1-2H3,(H,32,33,34). The van der Waals surface area contributed by atoms with Crippen molar-refractivity contribution >= 4 is 21.9 Å². The first-order valence-corrected chi connectivity index (χ1v) is 12.4. The van der Waals surface area contributed by atoms with Crippen molar-refractivity contribution in [3.8, 4) is 23.4 Å². The molecule has 3 aromatic rings. The molecule has 2 heterocycles. The first-order chi connectivity index (χ1) is 17.6. The minimum Gasteiger partial charge on any atom is -0.437 e. The average molecular weight is 576 g/mol. The maximum atomic E-state index is 12.3. The van der Waals surface area contributed by atoms with Crippen molar-refractivity contribution in [2.45, 2.75) is 45.6 Å². The summed E-state index contributed by atoms with van der Waals surface area (Å²) in [5.74, 6) is 1.27.